The molecule has 0 atom stereocenters. The lowest BCUT2D eigenvalue weighted by Gasteiger charge is -2.09. The lowest BCUT2D eigenvalue weighted by molar-refractivity contribution is -0.111. The van der Waals surface area contributed by atoms with E-state index in [1.54, 1.807) is 42.6 Å². The Morgan fingerprint density at radius 2 is 1.79 bits per heavy atom. The molecule has 0 aliphatic rings. The molecule has 0 saturated carbocycles. The molecule has 1 amide bonds. The van der Waals surface area contributed by atoms with Crippen LogP contribution in [0.5, 0.6) is 0 Å². The quantitative estimate of drug-likeness (QED) is 0.259. The maximum absolute atomic E-state index is 12.6. The summed E-state index contributed by atoms with van der Waals surface area (Å²) in [7, 11) is 0. The van der Waals surface area contributed by atoms with E-state index in [0.717, 1.165) is 11.1 Å². The van der Waals surface area contributed by atoms with Crippen molar-refractivity contribution < 1.29 is 13.6 Å². The van der Waals surface area contributed by atoms with Gasteiger partial charge in [0, 0.05) is 29.1 Å². The highest BCUT2D eigenvalue weighted by Gasteiger charge is 2.14. The Morgan fingerprint density at radius 3 is 2.65 bits per heavy atom. The Morgan fingerprint density at radius 1 is 0.971 bits per heavy atom. The van der Waals surface area contributed by atoms with Crippen LogP contribution >= 0.6 is 23.2 Å². The molecule has 168 valence electrons. The molecule has 3 aromatic heterocycles. The topological polar surface area (TPSA) is 81.2 Å². The fourth-order valence-electron chi connectivity index (χ4n) is 3.50. The van der Waals surface area contributed by atoms with Gasteiger partial charge in [-0.1, -0.05) is 35.3 Å². The van der Waals surface area contributed by atoms with Crippen LogP contribution in [-0.2, 0) is 4.79 Å². The zero-order valence-corrected chi connectivity index (χ0v) is 19.4. The van der Waals surface area contributed by atoms with E-state index in [4.69, 9.17) is 32.0 Å². The predicted molar refractivity (Wildman–Crippen MR) is 134 cm³/mol. The molecule has 5 rings (SSSR count). The second-order valence-electron chi connectivity index (χ2n) is 7.45. The van der Waals surface area contributed by atoms with E-state index in [0.29, 0.717) is 49.9 Å². The van der Waals surface area contributed by atoms with E-state index >= 15 is 0 Å². The smallest absolute Gasteiger partial charge is 0.248 e. The van der Waals surface area contributed by atoms with E-state index in [1.807, 2.05) is 37.3 Å². The van der Waals surface area contributed by atoms with Gasteiger partial charge >= 0.3 is 0 Å². The molecule has 0 unspecified atom stereocenters. The van der Waals surface area contributed by atoms with E-state index in [9.17, 15) is 4.79 Å². The minimum absolute atomic E-state index is 0.307. The van der Waals surface area contributed by atoms with Crippen molar-refractivity contribution in [3.63, 3.8) is 0 Å². The number of nitrogens with one attached hydrogen (secondary N) is 1. The van der Waals surface area contributed by atoms with Crippen LogP contribution in [0.25, 0.3) is 40.1 Å². The number of nitrogens with zero attached hydrogens (tertiary/aromatic N) is 2. The first-order valence-electron chi connectivity index (χ1n) is 10.3. The number of amides is 1. The molecule has 8 heteroatoms. The molecule has 5 aromatic rings. The van der Waals surface area contributed by atoms with Gasteiger partial charge in [-0.3, -0.25) is 4.79 Å². The number of anilines is 1. The van der Waals surface area contributed by atoms with Crippen LogP contribution < -0.4 is 5.32 Å². The van der Waals surface area contributed by atoms with Gasteiger partial charge < -0.3 is 14.2 Å². The number of hydrogen-bond donors (Lipinski definition) is 1. The molecule has 2 aromatic carbocycles. The number of rotatable bonds is 5. The summed E-state index contributed by atoms with van der Waals surface area (Å²) in [5.74, 6) is 1.20. The Bertz CT molecular complexity index is 1520. The highest BCUT2D eigenvalue weighted by Crippen LogP contribution is 2.34. The Kier molecular flexibility index (Phi) is 5.92. The summed E-state index contributed by atoms with van der Waals surface area (Å²) in [5.41, 5.74) is 4.06. The van der Waals surface area contributed by atoms with Gasteiger partial charge in [-0.25, -0.2) is 4.98 Å². The van der Waals surface area contributed by atoms with Gasteiger partial charge in [0.2, 0.25) is 11.8 Å². The molecule has 0 spiro atoms. The molecule has 0 bridgehead atoms. The number of furan rings is 1. The molecular formula is C26H17Cl2N3O3. The number of halogens is 2. The van der Waals surface area contributed by atoms with Gasteiger partial charge in [0.15, 0.2) is 11.2 Å². The maximum Gasteiger partial charge on any atom is 0.248 e. The zero-order chi connectivity index (χ0) is 23.7. The van der Waals surface area contributed by atoms with Crippen LogP contribution in [0.1, 0.15) is 11.3 Å². The largest absolute Gasteiger partial charge is 0.457 e. The van der Waals surface area contributed by atoms with Gasteiger partial charge in [-0.05, 0) is 67.1 Å². The average molecular weight is 490 g/mol. The summed E-state index contributed by atoms with van der Waals surface area (Å²) in [6.07, 6.45) is 4.65. The van der Waals surface area contributed by atoms with Crippen molar-refractivity contribution in [3.05, 3.63) is 94.3 Å². The normalized spacial score (nSPS) is 11.4. The first kappa shape index (κ1) is 21.9. The number of fused-ring (bicyclic) bond motifs is 1. The average Bonchev–Trinajstić information content (AvgIpc) is 3.48. The lowest BCUT2D eigenvalue weighted by atomic mass is 10.1. The summed E-state index contributed by atoms with van der Waals surface area (Å²) < 4.78 is 11.6. The van der Waals surface area contributed by atoms with Crippen LogP contribution in [0.4, 0.5) is 5.69 Å². The van der Waals surface area contributed by atoms with E-state index in [-0.39, 0.29) is 5.91 Å². The van der Waals surface area contributed by atoms with Crippen molar-refractivity contribution in [1.82, 2.24) is 9.97 Å². The summed E-state index contributed by atoms with van der Waals surface area (Å²) in [6.45, 7) is 1.89. The van der Waals surface area contributed by atoms with Crippen molar-refractivity contribution >= 4 is 52.1 Å². The Balaban J connectivity index is 1.33. The highest BCUT2D eigenvalue weighted by atomic mass is 35.5. The monoisotopic (exact) mass is 489 g/mol. The first-order valence-corrected chi connectivity index (χ1v) is 11.1. The van der Waals surface area contributed by atoms with E-state index in [1.165, 1.54) is 6.08 Å². The number of aromatic nitrogens is 2. The lowest BCUT2D eigenvalue weighted by Crippen LogP contribution is -2.09. The van der Waals surface area contributed by atoms with Crippen molar-refractivity contribution in [1.29, 1.82) is 0 Å². The third-order valence-electron chi connectivity index (χ3n) is 5.23. The summed E-state index contributed by atoms with van der Waals surface area (Å²) in [5, 5.41) is 3.75. The predicted octanol–water partition coefficient (Wildman–Crippen LogP) is 7.42. The van der Waals surface area contributed by atoms with Gasteiger partial charge in [0.25, 0.3) is 0 Å². The summed E-state index contributed by atoms with van der Waals surface area (Å²) in [4.78, 5) is 21.2. The molecular weight excluding hydrogens is 473 g/mol. The van der Waals surface area contributed by atoms with Crippen molar-refractivity contribution in [2.45, 2.75) is 6.92 Å². The van der Waals surface area contributed by atoms with Gasteiger partial charge in [0.05, 0.1) is 10.0 Å². The van der Waals surface area contributed by atoms with Gasteiger partial charge in [-0.2, -0.15) is 4.98 Å². The molecule has 1 N–H and O–H groups in total. The Hall–Kier alpha value is -3.87. The van der Waals surface area contributed by atoms with Crippen LogP contribution in [0, 0.1) is 6.92 Å². The Labute approximate surface area is 204 Å². The standard InChI is InChI=1S/C26H17Cl2N3O3/c1-15-17(26-31-25-22(34-26)9-4-14-29-25)5-3-8-20(15)30-23(32)13-11-16-10-12-21(33-16)18-6-2-7-19(27)24(18)28/h2-14H,1H3,(H,30,32)/b13-11+. The molecule has 0 aliphatic carbocycles. The second kappa shape index (κ2) is 9.17. The first-order chi connectivity index (χ1) is 16.5. The van der Waals surface area contributed by atoms with Gasteiger partial charge in [-0.15, -0.1) is 0 Å². The van der Waals surface area contributed by atoms with Crippen molar-refractivity contribution in [2.75, 3.05) is 5.32 Å². The molecule has 6 nitrogen and oxygen atoms in total. The van der Waals surface area contributed by atoms with Gasteiger partial charge in [0.1, 0.15) is 11.5 Å². The maximum atomic E-state index is 12.6. The highest BCUT2D eigenvalue weighted by molar-refractivity contribution is 6.43. The fraction of sp³-hybridized carbons (Fsp3) is 0.0385. The molecule has 0 aliphatic heterocycles. The fourth-order valence-corrected chi connectivity index (χ4v) is 3.89. The molecule has 34 heavy (non-hydrogen) atoms. The number of hydrogen-bond acceptors (Lipinski definition) is 5. The molecule has 3 heterocycles. The van der Waals surface area contributed by atoms with Crippen LogP contribution in [0.15, 0.2) is 81.8 Å². The molecule has 0 radical (unpaired) electrons. The van der Waals surface area contributed by atoms with E-state index < -0.39 is 0 Å². The third-order valence-corrected chi connectivity index (χ3v) is 6.05. The number of benzene rings is 2. The SMILES string of the molecule is Cc1c(NC(=O)/C=C/c2ccc(-c3cccc(Cl)c3Cl)o2)cccc1-c1nc2ncccc2o1. The zero-order valence-electron chi connectivity index (χ0n) is 17.9. The summed E-state index contributed by atoms with van der Waals surface area (Å²) in [6, 6.07) is 18.0. The van der Waals surface area contributed by atoms with Crippen LogP contribution in [0.3, 0.4) is 0 Å². The third kappa shape index (κ3) is 4.33. The van der Waals surface area contributed by atoms with E-state index in [2.05, 4.69) is 15.3 Å². The minimum Gasteiger partial charge on any atom is -0.457 e. The second-order valence-corrected chi connectivity index (χ2v) is 8.23. The number of carbonyl (C=O) groups is 1. The molecule has 0 fully saturated rings. The van der Waals surface area contributed by atoms with Crippen LogP contribution in [0.2, 0.25) is 10.0 Å². The van der Waals surface area contributed by atoms with Crippen molar-refractivity contribution in [2.24, 2.45) is 0 Å². The number of oxazole rings is 1. The summed E-state index contributed by atoms with van der Waals surface area (Å²) >= 11 is 12.3. The van der Waals surface area contributed by atoms with Crippen LogP contribution in [-0.4, -0.2) is 15.9 Å². The molecule has 0 saturated heterocycles. The number of pyridine rings is 1. The number of carbonyl (C=O) groups excluding carboxylic acids is 1. The van der Waals surface area contributed by atoms with Crippen molar-refractivity contribution in [3.8, 4) is 22.8 Å². The minimum atomic E-state index is -0.307.